The van der Waals surface area contributed by atoms with Gasteiger partial charge in [-0.05, 0) is 64.7 Å². The SMILES string of the molecule is CCCOc1c(Br)cc(/C=N/NC(=O)Cc2ccc(Br)cc2)cc1OCC. The van der Waals surface area contributed by atoms with E-state index in [4.69, 9.17) is 9.47 Å². The van der Waals surface area contributed by atoms with Gasteiger partial charge in [-0.25, -0.2) is 5.43 Å². The Labute approximate surface area is 176 Å². The van der Waals surface area contributed by atoms with Crippen LogP contribution in [-0.2, 0) is 11.2 Å². The van der Waals surface area contributed by atoms with Crippen molar-refractivity contribution < 1.29 is 14.3 Å². The summed E-state index contributed by atoms with van der Waals surface area (Å²) in [7, 11) is 0. The molecule has 0 saturated carbocycles. The Bertz CT molecular complexity index is 793. The van der Waals surface area contributed by atoms with Gasteiger partial charge in [0.15, 0.2) is 11.5 Å². The molecule has 0 spiro atoms. The minimum Gasteiger partial charge on any atom is -0.490 e. The van der Waals surface area contributed by atoms with Gasteiger partial charge in [-0.1, -0.05) is 35.0 Å². The van der Waals surface area contributed by atoms with Gasteiger partial charge in [0.2, 0.25) is 5.91 Å². The molecule has 0 aliphatic carbocycles. The molecular formula is C20H22Br2N2O3. The second-order valence-corrected chi connectivity index (χ2v) is 7.48. The van der Waals surface area contributed by atoms with Gasteiger partial charge < -0.3 is 9.47 Å². The van der Waals surface area contributed by atoms with Crippen molar-refractivity contribution in [3.05, 3.63) is 56.5 Å². The van der Waals surface area contributed by atoms with Gasteiger partial charge >= 0.3 is 0 Å². The lowest BCUT2D eigenvalue weighted by Gasteiger charge is -2.14. The van der Waals surface area contributed by atoms with Crippen LogP contribution in [0.15, 0.2) is 50.4 Å². The molecule has 0 radical (unpaired) electrons. The number of nitrogens with one attached hydrogen (secondary N) is 1. The van der Waals surface area contributed by atoms with Crippen LogP contribution in [0.2, 0.25) is 0 Å². The van der Waals surface area contributed by atoms with Crippen LogP contribution in [0.3, 0.4) is 0 Å². The van der Waals surface area contributed by atoms with Crippen molar-refractivity contribution in [2.24, 2.45) is 5.10 Å². The standard InChI is InChI=1S/C20H22Br2N2O3/c1-3-9-27-20-17(22)10-15(11-18(20)26-4-2)13-23-24-19(25)12-14-5-7-16(21)8-6-14/h5-8,10-11,13H,3-4,9,12H2,1-2H3,(H,24,25)/b23-13+. The molecule has 1 amide bonds. The van der Waals surface area contributed by atoms with Crippen LogP contribution in [0.4, 0.5) is 0 Å². The maximum Gasteiger partial charge on any atom is 0.244 e. The first kappa shape index (κ1) is 21.4. The molecule has 0 saturated heterocycles. The monoisotopic (exact) mass is 496 g/mol. The van der Waals surface area contributed by atoms with Crippen LogP contribution < -0.4 is 14.9 Å². The maximum absolute atomic E-state index is 12.0. The second kappa shape index (κ2) is 11.1. The van der Waals surface area contributed by atoms with Gasteiger partial charge in [-0.3, -0.25) is 4.79 Å². The lowest BCUT2D eigenvalue weighted by atomic mass is 10.1. The zero-order valence-electron chi connectivity index (χ0n) is 15.3. The fourth-order valence-electron chi connectivity index (χ4n) is 2.28. The zero-order valence-corrected chi connectivity index (χ0v) is 18.5. The summed E-state index contributed by atoms with van der Waals surface area (Å²) in [5.41, 5.74) is 4.26. The number of carbonyl (C=O) groups is 1. The molecule has 2 aromatic rings. The van der Waals surface area contributed by atoms with Gasteiger partial charge in [-0.2, -0.15) is 5.10 Å². The highest BCUT2D eigenvalue weighted by molar-refractivity contribution is 9.10. The highest BCUT2D eigenvalue weighted by Crippen LogP contribution is 2.36. The van der Waals surface area contributed by atoms with Gasteiger partial charge in [0, 0.05) is 4.47 Å². The van der Waals surface area contributed by atoms with E-state index in [9.17, 15) is 4.79 Å². The van der Waals surface area contributed by atoms with Gasteiger partial charge in [0.25, 0.3) is 0 Å². The molecule has 0 bridgehead atoms. The minimum absolute atomic E-state index is 0.180. The zero-order chi connectivity index (χ0) is 19.6. The molecule has 5 nitrogen and oxygen atoms in total. The third-order valence-electron chi connectivity index (χ3n) is 3.46. The van der Waals surface area contributed by atoms with Crippen molar-refractivity contribution in [1.29, 1.82) is 0 Å². The molecule has 0 aliphatic heterocycles. The summed E-state index contributed by atoms with van der Waals surface area (Å²) in [6, 6.07) is 11.3. The predicted molar refractivity (Wildman–Crippen MR) is 115 cm³/mol. The molecule has 1 N–H and O–H groups in total. The number of halogens is 2. The van der Waals surface area contributed by atoms with E-state index in [-0.39, 0.29) is 12.3 Å². The average Bonchev–Trinajstić information content (AvgIpc) is 2.63. The summed E-state index contributed by atoms with van der Waals surface area (Å²) in [6.07, 6.45) is 2.75. The fourth-order valence-corrected chi connectivity index (χ4v) is 3.11. The first-order chi connectivity index (χ1) is 13.0. The summed E-state index contributed by atoms with van der Waals surface area (Å²) in [5.74, 6) is 1.14. The van der Waals surface area contributed by atoms with Crippen LogP contribution >= 0.6 is 31.9 Å². The summed E-state index contributed by atoms with van der Waals surface area (Å²) in [6.45, 7) is 5.10. The van der Waals surface area contributed by atoms with Crippen LogP contribution in [0.5, 0.6) is 11.5 Å². The van der Waals surface area contributed by atoms with Crippen molar-refractivity contribution in [2.75, 3.05) is 13.2 Å². The van der Waals surface area contributed by atoms with Gasteiger partial charge in [0.1, 0.15) is 0 Å². The summed E-state index contributed by atoms with van der Waals surface area (Å²) < 4.78 is 13.2. The Hall–Kier alpha value is -1.86. The lowest BCUT2D eigenvalue weighted by Crippen LogP contribution is -2.19. The second-order valence-electron chi connectivity index (χ2n) is 5.71. The largest absolute Gasteiger partial charge is 0.490 e. The van der Waals surface area contributed by atoms with E-state index >= 15 is 0 Å². The Morgan fingerprint density at radius 1 is 1.15 bits per heavy atom. The van der Waals surface area contributed by atoms with E-state index in [2.05, 4.69) is 42.4 Å². The molecule has 27 heavy (non-hydrogen) atoms. The highest BCUT2D eigenvalue weighted by Gasteiger charge is 2.11. The Kier molecular flexibility index (Phi) is 8.81. The highest BCUT2D eigenvalue weighted by atomic mass is 79.9. The number of hydrazone groups is 1. The number of ether oxygens (including phenoxy) is 2. The van der Waals surface area contributed by atoms with Crippen LogP contribution in [0.1, 0.15) is 31.4 Å². The minimum atomic E-state index is -0.180. The third kappa shape index (κ3) is 6.99. The van der Waals surface area contributed by atoms with Crippen LogP contribution in [0.25, 0.3) is 0 Å². The normalized spacial score (nSPS) is 10.8. The lowest BCUT2D eigenvalue weighted by molar-refractivity contribution is -0.120. The summed E-state index contributed by atoms with van der Waals surface area (Å²) in [4.78, 5) is 12.0. The van der Waals surface area contributed by atoms with Crippen molar-refractivity contribution in [3.63, 3.8) is 0 Å². The smallest absolute Gasteiger partial charge is 0.244 e. The van der Waals surface area contributed by atoms with Crippen LogP contribution in [0, 0.1) is 0 Å². The molecule has 2 aromatic carbocycles. The molecule has 144 valence electrons. The van der Waals surface area contributed by atoms with Crippen LogP contribution in [-0.4, -0.2) is 25.3 Å². The Balaban J connectivity index is 2.02. The van der Waals surface area contributed by atoms with E-state index in [0.717, 1.165) is 26.5 Å². The number of nitrogens with zero attached hydrogens (tertiary/aromatic N) is 1. The van der Waals surface area contributed by atoms with Crippen molar-refractivity contribution in [2.45, 2.75) is 26.7 Å². The number of amides is 1. The fraction of sp³-hybridized carbons (Fsp3) is 0.300. The average molecular weight is 498 g/mol. The van der Waals surface area contributed by atoms with Gasteiger partial charge in [0.05, 0.1) is 30.3 Å². The Morgan fingerprint density at radius 2 is 1.89 bits per heavy atom. The number of benzene rings is 2. The van der Waals surface area contributed by atoms with Gasteiger partial charge in [-0.15, -0.1) is 0 Å². The molecule has 0 aromatic heterocycles. The molecule has 0 fully saturated rings. The molecular weight excluding hydrogens is 476 g/mol. The molecule has 0 atom stereocenters. The van der Waals surface area contributed by atoms with E-state index < -0.39 is 0 Å². The number of carbonyl (C=O) groups excluding carboxylic acids is 1. The topological polar surface area (TPSA) is 59.9 Å². The summed E-state index contributed by atoms with van der Waals surface area (Å²) in [5, 5.41) is 4.04. The first-order valence-corrected chi connectivity index (χ1v) is 10.3. The van der Waals surface area contributed by atoms with E-state index in [0.29, 0.717) is 24.7 Å². The molecule has 0 aliphatic rings. The molecule has 0 heterocycles. The first-order valence-electron chi connectivity index (χ1n) is 8.69. The third-order valence-corrected chi connectivity index (χ3v) is 4.58. The molecule has 2 rings (SSSR count). The quantitative estimate of drug-likeness (QED) is 0.387. The molecule has 0 unspecified atom stereocenters. The van der Waals surface area contributed by atoms with Crippen molar-refractivity contribution in [1.82, 2.24) is 5.43 Å². The van der Waals surface area contributed by atoms with E-state index in [1.807, 2.05) is 50.2 Å². The number of hydrogen-bond acceptors (Lipinski definition) is 4. The maximum atomic E-state index is 12.0. The van der Waals surface area contributed by atoms with E-state index in [1.54, 1.807) is 6.21 Å². The van der Waals surface area contributed by atoms with E-state index in [1.165, 1.54) is 0 Å². The number of hydrogen-bond donors (Lipinski definition) is 1. The number of rotatable bonds is 9. The molecule has 7 heteroatoms. The summed E-state index contributed by atoms with van der Waals surface area (Å²) >= 11 is 6.89. The van der Waals surface area contributed by atoms with Crippen molar-refractivity contribution >= 4 is 44.0 Å². The Morgan fingerprint density at radius 3 is 2.56 bits per heavy atom. The van der Waals surface area contributed by atoms with Crippen molar-refractivity contribution in [3.8, 4) is 11.5 Å². The predicted octanol–water partition coefficient (Wildman–Crippen LogP) is 5.09.